The second-order valence-electron chi connectivity index (χ2n) is 7.46. The van der Waals surface area contributed by atoms with Gasteiger partial charge in [-0.2, -0.15) is 0 Å². The largest absolute Gasteiger partial charge is 0.454 e. The minimum absolute atomic E-state index is 0.101. The van der Waals surface area contributed by atoms with Gasteiger partial charge >= 0.3 is 0 Å². The quantitative estimate of drug-likeness (QED) is 0.549. The molecular weight excluding hydrogens is 436 g/mol. The number of fused-ring (bicyclic) bond motifs is 1. The predicted octanol–water partition coefficient (Wildman–Crippen LogP) is 2.19. The van der Waals surface area contributed by atoms with Crippen LogP contribution in [-0.2, 0) is 16.1 Å². The van der Waals surface area contributed by atoms with Crippen LogP contribution in [0.5, 0.6) is 11.5 Å². The number of halogens is 1. The highest BCUT2D eigenvalue weighted by atomic mass is 35.5. The number of benzene rings is 2. The Bertz CT molecular complexity index is 1010. The third-order valence-electron chi connectivity index (χ3n) is 5.19. The van der Waals surface area contributed by atoms with Gasteiger partial charge in [0.2, 0.25) is 12.7 Å². The molecule has 2 aromatic carbocycles. The molecule has 3 N–H and O–H groups in total. The summed E-state index contributed by atoms with van der Waals surface area (Å²) in [5, 5.41) is 16.0. The van der Waals surface area contributed by atoms with Gasteiger partial charge in [-0.05, 0) is 35.9 Å². The molecule has 4 rings (SSSR count). The van der Waals surface area contributed by atoms with Crippen LogP contribution in [0, 0.1) is 0 Å². The number of aliphatic hydroxyl groups excluding tert-OH is 1. The number of hydrogen-bond donors (Lipinski definition) is 3. The van der Waals surface area contributed by atoms with Crippen LogP contribution in [0.25, 0.3) is 0 Å². The molecule has 168 valence electrons. The first-order valence-electron chi connectivity index (χ1n) is 10.2. The van der Waals surface area contributed by atoms with Gasteiger partial charge in [0.15, 0.2) is 11.5 Å². The van der Waals surface area contributed by atoms with E-state index in [4.69, 9.17) is 25.8 Å². The van der Waals surface area contributed by atoms with Gasteiger partial charge in [-0.25, -0.2) is 0 Å². The number of ether oxygens (including phenoxy) is 3. The van der Waals surface area contributed by atoms with Crippen molar-refractivity contribution in [3.8, 4) is 11.5 Å². The second kappa shape index (κ2) is 10.0. The molecule has 0 unspecified atom stereocenters. The van der Waals surface area contributed by atoms with Crippen LogP contribution in [0.1, 0.15) is 22.3 Å². The van der Waals surface area contributed by atoms with Gasteiger partial charge in [-0.15, -0.1) is 0 Å². The van der Waals surface area contributed by atoms with E-state index in [1.165, 1.54) is 0 Å². The van der Waals surface area contributed by atoms with Gasteiger partial charge in [0.25, 0.3) is 5.91 Å². The highest BCUT2D eigenvalue weighted by Crippen LogP contribution is 2.32. The molecule has 2 amide bonds. The van der Waals surface area contributed by atoms with Crippen molar-refractivity contribution in [2.45, 2.75) is 31.2 Å². The standard InChI is InChI=1S/C23H23ClN2O6/c24-16-4-1-14(2-5-16)11-25-22(28)10-17-6-7-18(21(12-27)32-17)26-23(29)15-3-8-19-20(9-15)31-13-30-19/h1-9,17-18,21,27H,10-13H2,(H,25,28)(H,26,29)/t17-,18-,21+/m1/s1. The third kappa shape index (κ3) is 5.40. The van der Waals surface area contributed by atoms with Crippen LogP contribution < -0.4 is 20.1 Å². The van der Waals surface area contributed by atoms with Crippen molar-refractivity contribution in [2.24, 2.45) is 0 Å². The van der Waals surface area contributed by atoms with Crippen molar-refractivity contribution >= 4 is 23.4 Å². The lowest BCUT2D eigenvalue weighted by molar-refractivity contribution is -0.125. The number of carbonyl (C=O) groups is 2. The summed E-state index contributed by atoms with van der Waals surface area (Å²) in [6.45, 7) is 0.199. The molecule has 8 nitrogen and oxygen atoms in total. The van der Waals surface area contributed by atoms with Gasteiger partial charge in [0, 0.05) is 17.1 Å². The zero-order chi connectivity index (χ0) is 22.5. The number of aliphatic hydroxyl groups is 1. The van der Waals surface area contributed by atoms with Crippen molar-refractivity contribution in [3.63, 3.8) is 0 Å². The topological polar surface area (TPSA) is 106 Å². The van der Waals surface area contributed by atoms with Gasteiger partial charge in [0.1, 0.15) is 6.10 Å². The molecule has 2 heterocycles. The van der Waals surface area contributed by atoms with Crippen LogP contribution in [0.4, 0.5) is 0 Å². The van der Waals surface area contributed by atoms with Crippen LogP contribution in [0.15, 0.2) is 54.6 Å². The van der Waals surface area contributed by atoms with Crippen LogP contribution >= 0.6 is 11.6 Å². The summed E-state index contributed by atoms with van der Waals surface area (Å²) in [5.74, 6) is 0.581. The van der Waals surface area contributed by atoms with Crippen LogP contribution in [0.2, 0.25) is 5.02 Å². The molecule has 9 heteroatoms. The Morgan fingerprint density at radius 3 is 2.62 bits per heavy atom. The summed E-state index contributed by atoms with van der Waals surface area (Å²) in [6.07, 6.45) is 2.39. The minimum Gasteiger partial charge on any atom is -0.454 e. The molecule has 2 aliphatic heterocycles. The van der Waals surface area contributed by atoms with Crippen molar-refractivity contribution < 1.29 is 28.9 Å². The van der Waals surface area contributed by atoms with Gasteiger partial charge in [-0.3, -0.25) is 9.59 Å². The molecule has 2 aromatic rings. The smallest absolute Gasteiger partial charge is 0.251 e. The number of rotatable bonds is 7. The molecule has 0 aliphatic carbocycles. The Morgan fingerprint density at radius 1 is 1.06 bits per heavy atom. The molecule has 0 aromatic heterocycles. The first kappa shape index (κ1) is 22.1. The zero-order valence-corrected chi connectivity index (χ0v) is 17.9. The van der Waals surface area contributed by atoms with Gasteiger partial charge in [-0.1, -0.05) is 35.9 Å². The summed E-state index contributed by atoms with van der Waals surface area (Å²) in [6, 6.07) is 11.6. The molecule has 32 heavy (non-hydrogen) atoms. The molecule has 0 saturated carbocycles. The zero-order valence-electron chi connectivity index (χ0n) is 17.1. The lowest BCUT2D eigenvalue weighted by Gasteiger charge is -2.31. The van der Waals surface area contributed by atoms with Crippen molar-refractivity contribution in [1.82, 2.24) is 10.6 Å². The maximum atomic E-state index is 12.6. The fourth-order valence-electron chi connectivity index (χ4n) is 3.47. The van der Waals surface area contributed by atoms with E-state index in [2.05, 4.69) is 10.6 Å². The van der Waals surface area contributed by atoms with Gasteiger partial charge < -0.3 is 30.0 Å². The highest BCUT2D eigenvalue weighted by Gasteiger charge is 2.29. The summed E-state index contributed by atoms with van der Waals surface area (Å²) in [4.78, 5) is 24.9. The molecule has 2 aliphatic rings. The second-order valence-corrected chi connectivity index (χ2v) is 7.89. The van der Waals surface area contributed by atoms with E-state index in [1.54, 1.807) is 42.5 Å². The van der Waals surface area contributed by atoms with E-state index >= 15 is 0 Å². The predicted molar refractivity (Wildman–Crippen MR) is 117 cm³/mol. The Balaban J connectivity index is 1.30. The average molecular weight is 459 g/mol. The lowest BCUT2D eigenvalue weighted by Crippen LogP contribution is -2.49. The molecule has 0 saturated heterocycles. The third-order valence-corrected chi connectivity index (χ3v) is 5.44. The SMILES string of the molecule is O=C(C[C@H]1C=C[C@@H](NC(=O)c2ccc3c(c2)OCO3)[C@H](CO)O1)NCc1ccc(Cl)cc1. The van der Waals surface area contributed by atoms with Crippen molar-refractivity contribution in [2.75, 3.05) is 13.4 Å². The Labute approximate surface area is 190 Å². The van der Waals surface area contributed by atoms with E-state index in [0.29, 0.717) is 28.6 Å². The maximum absolute atomic E-state index is 12.6. The Hall–Kier alpha value is -3.07. The Morgan fingerprint density at radius 2 is 1.84 bits per heavy atom. The maximum Gasteiger partial charge on any atom is 0.251 e. The minimum atomic E-state index is -0.674. The summed E-state index contributed by atoms with van der Waals surface area (Å²) >= 11 is 5.86. The summed E-state index contributed by atoms with van der Waals surface area (Å²) in [7, 11) is 0. The first-order chi connectivity index (χ1) is 15.5. The highest BCUT2D eigenvalue weighted by molar-refractivity contribution is 6.30. The van der Waals surface area contributed by atoms with Crippen molar-refractivity contribution in [3.05, 3.63) is 70.8 Å². The van der Waals surface area contributed by atoms with Crippen molar-refractivity contribution in [1.29, 1.82) is 0 Å². The average Bonchev–Trinajstić information content (AvgIpc) is 3.27. The molecule has 0 bridgehead atoms. The van der Waals surface area contributed by atoms with E-state index < -0.39 is 18.2 Å². The van der Waals surface area contributed by atoms with Crippen LogP contribution in [-0.4, -0.2) is 48.6 Å². The number of nitrogens with one attached hydrogen (secondary N) is 2. The molecule has 0 fully saturated rings. The molecule has 0 spiro atoms. The first-order valence-corrected chi connectivity index (χ1v) is 10.6. The molecule has 0 radical (unpaired) electrons. The van der Waals surface area contributed by atoms with E-state index in [0.717, 1.165) is 5.56 Å². The lowest BCUT2D eigenvalue weighted by atomic mass is 10.0. The molecular formula is C23H23ClN2O6. The van der Waals surface area contributed by atoms with E-state index in [-0.39, 0.29) is 31.6 Å². The Kier molecular flexibility index (Phi) is 6.94. The van der Waals surface area contributed by atoms with Crippen LogP contribution in [0.3, 0.4) is 0 Å². The summed E-state index contributed by atoms with van der Waals surface area (Å²) in [5.41, 5.74) is 1.34. The fourth-order valence-corrected chi connectivity index (χ4v) is 3.59. The summed E-state index contributed by atoms with van der Waals surface area (Å²) < 4.78 is 16.4. The fraction of sp³-hybridized carbons (Fsp3) is 0.304. The number of carbonyl (C=O) groups excluding carboxylic acids is 2. The monoisotopic (exact) mass is 458 g/mol. The molecule has 3 atom stereocenters. The van der Waals surface area contributed by atoms with E-state index in [9.17, 15) is 14.7 Å². The number of hydrogen-bond acceptors (Lipinski definition) is 6. The van der Waals surface area contributed by atoms with Gasteiger partial charge in [0.05, 0.1) is 25.2 Å². The normalized spacial score (nSPS) is 21.2. The van der Waals surface area contributed by atoms with E-state index in [1.807, 2.05) is 12.1 Å². The number of amides is 2.